The first-order chi connectivity index (χ1) is 20.0. The van der Waals surface area contributed by atoms with E-state index in [9.17, 15) is 0 Å². The van der Waals surface area contributed by atoms with Crippen LogP contribution in [0.1, 0.15) is 26.7 Å². The van der Waals surface area contributed by atoms with Crippen molar-refractivity contribution < 1.29 is 4.74 Å². The van der Waals surface area contributed by atoms with Gasteiger partial charge < -0.3 is 19.5 Å². The van der Waals surface area contributed by atoms with Crippen LogP contribution in [-0.2, 0) is 0 Å². The van der Waals surface area contributed by atoms with E-state index in [1.54, 1.807) is 13.3 Å². The molecule has 2 aromatic carbocycles. The van der Waals surface area contributed by atoms with Crippen molar-refractivity contribution in [2.75, 3.05) is 32.1 Å². The molecular formula is C33H35ClN6O. The fourth-order valence-electron chi connectivity index (χ4n) is 5.65. The molecule has 8 heteroatoms. The average molecular weight is 567 g/mol. The fraction of sp³-hybridized carbons (Fsp3) is 0.303. The number of fused-ring (bicyclic) bond motifs is 2. The molecule has 0 bridgehead atoms. The first-order valence-corrected chi connectivity index (χ1v) is 14.6. The molecule has 1 saturated heterocycles. The van der Waals surface area contributed by atoms with Crippen LogP contribution in [0, 0.1) is 5.92 Å². The topological polar surface area (TPSA) is 67.6 Å². The largest absolute Gasteiger partial charge is 0.480 e. The summed E-state index contributed by atoms with van der Waals surface area (Å²) in [5.41, 5.74) is 6.43. The molecule has 1 aliphatic carbocycles. The maximum absolute atomic E-state index is 6.27. The smallest absolute Gasteiger partial charge is 0.237 e. The number of hydrogen-bond donors (Lipinski definition) is 1. The number of aromatic nitrogens is 3. The van der Waals surface area contributed by atoms with Crippen LogP contribution in [0.25, 0.3) is 28.1 Å². The van der Waals surface area contributed by atoms with E-state index in [1.165, 1.54) is 0 Å². The quantitative estimate of drug-likeness (QED) is 0.216. The zero-order chi connectivity index (χ0) is 28.3. The minimum atomic E-state index is 0.240. The Labute approximate surface area is 245 Å². The van der Waals surface area contributed by atoms with Crippen LogP contribution in [0.5, 0.6) is 5.88 Å². The number of pyridine rings is 1. The summed E-state index contributed by atoms with van der Waals surface area (Å²) in [6.45, 7) is 7.83. The average Bonchev–Trinajstić information content (AvgIpc) is 2.98. The Morgan fingerprint density at radius 2 is 1.78 bits per heavy atom. The van der Waals surface area contributed by atoms with Crippen molar-refractivity contribution >= 4 is 34.0 Å². The van der Waals surface area contributed by atoms with E-state index in [-0.39, 0.29) is 6.04 Å². The zero-order valence-electron chi connectivity index (χ0n) is 23.7. The number of nitrogens with zero attached hydrogens (tertiary/aromatic N) is 5. The third-order valence-electron chi connectivity index (χ3n) is 7.52. The number of nitrogens with one attached hydrogen (secondary N) is 1. The summed E-state index contributed by atoms with van der Waals surface area (Å²) in [5.74, 6) is 1.20. The van der Waals surface area contributed by atoms with Gasteiger partial charge in [0.25, 0.3) is 0 Å². The number of piperidine rings is 1. The highest BCUT2D eigenvalue weighted by Gasteiger charge is 2.21. The number of likely N-dealkylation sites (tertiary alicyclic amines) is 1. The van der Waals surface area contributed by atoms with Crippen molar-refractivity contribution in [1.29, 1.82) is 0 Å². The molecule has 0 spiro atoms. The van der Waals surface area contributed by atoms with Crippen LogP contribution in [0.4, 0.5) is 11.4 Å². The highest BCUT2D eigenvalue weighted by Crippen LogP contribution is 2.32. The maximum atomic E-state index is 6.27. The predicted octanol–water partition coefficient (Wildman–Crippen LogP) is 6.95. The number of hydrogen-bond acceptors (Lipinski definition) is 6. The molecule has 2 aliphatic heterocycles. The van der Waals surface area contributed by atoms with Gasteiger partial charge in [-0.1, -0.05) is 37.6 Å². The minimum absolute atomic E-state index is 0.240. The van der Waals surface area contributed by atoms with Gasteiger partial charge in [0, 0.05) is 36.5 Å². The molecule has 3 aliphatic rings. The summed E-state index contributed by atoms with van der Waals surface area (Å²) in [7, 11) is 1.63. The van der Waals surface area contributed by atoms with Crippen LogP contribution in [0.15, 0.2) is 84.0 Å². The molecule has 1 fully saturated rings. The van der Waals surface area contributed by atoms with Gasteiger partial charge in [-0.15, -0.1) is 0 Å². The maximum Gasteiger partial charge on any atom is 0.237 e. The standard InChI is InChI=1S/C33H35ClN6O/c1-22(2)21-39-17-14-24(15-18-39)36-29-20-32-30(19-28(29)38-27-8-6-16-35-33(27)41-3)37-26-7-4-5-9-31(26)40(32)25-12-10-23(34)11-13-25/h4-13,16,19-20,22,24,38H,14-15,17-18,21H2,1-3H3/b36-29+. The van der Waals surface area contributed by atoms with Crippen molar-refractivity contribution in [3.05, 3.63) is 89.4 Å². The molecule has 41 heavy (non-hydrogen) atoms. The SMILES string of the molecule is COc1ncccc1Nc1cc2nc3ccccc3n(-c3ccc(Cl)cc3)c-2c/c1=N\C1CCN(CC(C)C)CC1. The number of methoxy groups -OCH3 is 1. The summed E-state index contributed by atoms with van der Waals surface area (Å²) in [6.07, 6.45) is 3.80. The van der Waals surface area contributed by atoms with Crippen LogP contribution in [-0.4, -0.2) is 52.2 Å². The lowest BCUT2D eigenvalue weighted by molar-refractivity contribution is 0.192. The van der Waals surface area contributed by atoms with Crippen LogP contribution in [0.2, 0.25) is 5.02 Å². The second-order valence-corrected chi connectivity index (χ2v) is 11.4. The fourth-order valence-corrected chi connectivity index (χ4v) is 5.78. The molecule has 0 unspecified atom stereocenters. The Morgan fingerprint density at radius 3 is 2.54 bits per heavy atom. The molecule has 0 atom stereocenters. The van der Waals surface area contributed by atoms with Crippen molar-refractivity contribution in [2.24, 2.45) is 10.9 Å². The van der Waals surface area contributed by atoms with Gasteiger partial charge in [0.1, 0.15) is 5.69 Å². The van der Waals surface area contributed by atoms with E-state index in [2.05, 4.69) is 51.8 Å². The summed E-state index contributed by atoms with van der Waals surface area (Å²) in [4.78, 5) is 17.4. The van der Waals surface area contributed by atoms with E-state index >= 15 is 0 Å². The summed E-state index contributed by atoms with van der Waals surface area (Å²) < 4.78 is 7.78. The number of anilines is 2. The van der Waals surface area contributed by atoms with E-state index in [0.29, 0.717) is 16.8 Å². The van der Waals surface area contributed by atoms with Gasteiger partial charge in [-0.3, -0.25) is 4.99 Å². The molecule has 1 N–H and O–H groups in total. The Balaban J connectivity index is 1.53. The molecular weight excluding hydrogens is 532 g/mol. The van der Waals surface area contributed by atoms with Crippen LogP contribution in [0.3, 0.4) is 0 Å². The second-order valence-electron chi connectivity index (χ2n) is 11.0. The van der Waals surface area contributed by atoms with Crippen molar-refractivity contribution in [3.8, 4) is 23.0 Å². The Hall–Kier alpha value is -3.94. The highest BCUT2D eigenvalue weighted by molar-refractivity contribution is 6.30. The predicted molar refractivity (Wildman–Crippen MR) is 167 cm³/mol. The third kappa shape index (κ3) is 5.92. The number of ether oxygens (including phenoxy) is 1. The molecule has 3 heterocycles. The van der Waals surface area contributed by atoms with Crippen LogP contribution >= 0.6 is 11.6 Å². The number of para-hydroxylation sites is 2. The summed E-state index contributed by atoms with van der Waals surface area (Å²) >= 11 is 6.27. The van der Waals surface area contributed by atoms with Crippen molar-refractivity contribution in [1.82, 2.24) is 19.4 Å². The van der Waals surface area contributed by atoms with Gasteiger partial charge in [0.2, 0.25) is 5.88 Å². The molecule has 210 valence electrons. The van der Waals surface area contributed by atoms with Crippen LogP contribution < -0.4 is 15.4 Å². The van der Waals surface area contributed by atoms with E-state index in [1.807, 2.05) is 54.6 Å². The lowest BCUT2D eigenvalue weighted by Gasteiger charge is -2.31. The van der Waals surface area contributed by atoms with E-state index in [0.717, 1.165) is 77.3 Å². The third-order valence-corrected chi connectivity index (χ3v) is 7.77. The first-order valence-electron chi connectivity index (χ1n) is 14.2. The molecule has 0 radical (unpaired) electrons. The first kappa shape index (κ1) is 27.2. The zero-order valence-corrected chi connectivity index (χ0v) is 24.5. The Bertz CT molecular complexity index is 1690. The van der Waals surface area contributed by atoms with E-state index < -0.39 is 0 Å². The summed E-state index contributed by atoms with van der Waals surface area (Å²) in [6, 6.07) is 24.5. The molecule has 0 amide bonds. The van der Waals surface area contributed by atoms with E-state index in [4.69, 9.17) is 26.3 Å². The lowest BCUT2D eigenvalue weighted by Crippen LogP contribution is -2.38. The Morgan fingerprint density at radius 1 is 1.00 bits per heavy atom. The van der Waals surface area contributed by atoms with Gasteiger partial charge in [0.05, 0.1) is 46.6 Å². The molecule has 7 nitrogen and oxygen atoms in total. The van der Waals surface area contributed by atoms with Gasteiger partial charge in [0.15, 0.2) is 0 Å². The minimum Gasteiger partial charge on any atom is -0.480 e. The summed E-state index contributed by atoms with van der Waals surface area (Å²) in [5, 5.41) is 5.16. The number of benzene rings is 3. The molecule has 3 aromatic rings. The number of halogens is 1. The monoisotopic (exact) mass is 566 g/mol. The second kappa shape index (κ2) is 11.9. The molecule has 0 saturated carbocycles. The van der Waals surface area contributed by atoms with Crippen molar-refractivity contribution in [2.45, 2.75) is 32.7 Å². The molecule has 6 rings (SSSR count). The normalized spacial score (nSPS) is 15.2. The molecule has 1 aromatic heterocycles. The highest BCUT2D eigenvalue weighted by atomic mass is 35.5. The van der Waals surface area contributed by atoms with Gasteiger partial charge in [-0.05, 0) is 79.4 Å². The number of rotatable bonds is 7. The van der Waals surface area contributed by atoms with Gasteiger partial charge in [-0.2, -0.15) is 0 Å². The van der Waals surface area contributed by atoms with Gasteiger partial charge in [-0.25, -0.2) is 9.97 Å². The van der Waals surface area contributed by atoms with Crippen molar-refractivity contribution in [3.63, 3.8) is 0 Å². The lowest BCUT2D eigenvalue weighted by atomic mass is 10.0. The van der Waals surface area contributed by atoms with Gasteiger partial charge >= 0.3 is 0 Å². The Kier molecular flexibility index (Phi) is 7.90.